The summed E-state index contributed by atoms with van der Waals surface area (Å²) in [6, 6.07) is 14.6. The molecular formula is C22H20ClN3O2S. The molecule has 0 aliphatic heterocycles. The van der Waals surface area contributed by atoms with E-state index in [1.807, 2.05) is 24.3 Å². The molecule has 1 aromatic heterocycles. The second-order valence-corrected chi connectivity index (χ2v) is 8.77. The molecule has 1 saturated carbocycles. The highest BCUT2D eigenvalue weighted by Gasteiger charge is 2.39. The normalized spacial score (nSPS) is 17.6. The zero-order valence-electron chi connectivity index (χ0n) is 15.8. The van der Waals surface area contributed by atoms with Gasteiger partial charge in [-0.25, -0.2) is 4.98 Å². The molecule has 0 radical (unpaired) electrons. The summed E-state index contributed by atoms with van der Waals surface area (Å²) in [4.78, 5) is 30.0. The fourth-order valence-electron chi connectivity index (χ4n) is 3.11. The van der Waals surface area contributed by atoms with Crippen molar-refractivity contribution in [3.05, 3.63) is 75.8 Å². The van der Waals surface area contributed by atoms with Crippen LogP contribution in [0.4, 0.5) is 10.8 Å². The molecule has 7 heteroatoms. The first-order valence-electron chi connectivity index (χ1n) is 9.40. The number of aromatic nitrogens is 1. The number of nitrogens with zero attached hydrogens (tertiary/aromatic N) is 1. The van der Waals surface area contributed by atoms with Crippen molar-refractivity contribution in [2.45, 2.75) is 19.8 Å². The lowest BCUT2D eigenvalue weighted by Crippen LogP contribution is -2.16. The molecule has 1 fully saturated rings. The van der Waals surface area contributed by atoms with E-state index in [4.69, 9.17) is 11.6 Å². The number of rotatable bonds is 6. The highest BCUT2D eigenvalue weighted by molar-refractivity contribution is 7.15. The molecule has 2 atom stereocenters. The average molecular weight is 426 g/mol. The van der Waals surface area contributed by atoms with Crippen LogP contribution in [0.1, 0.15) is 34.1 Å². The van der Waals surface area contributed by atoms with E-state index in [1.165, 1.54) is 11.3 Å². The largest absolute Gasteiger partial charge is 0.326 e. The molecule has 5 nitrogen and oxygen atoms in total. The SMILES string of the molecule is CC1CC1C(=O)Nc1cccc(C(=O)Nc2ncc(Cc3ccccc3Cl)s2)c1. The second-order valence-electron chi connectivity index (χ2n) is 7.24. The summed E-state index contributed by atoms with van der Waals surface area (Å²) in [7, 11) is 0. The number of hydrogen-bond acceptors (Lipinski definition) is 4. The summed E-state index contributed by atoms with van der Waals surface area (Å²) in [5.74, 6) is 0.268. The average Bonchev–Trinajstić information content (AvgIpc) is 3.29. The molecule has 0 bridgehead atoms. The van der Waals surface area contributed by atoms with Gasteiger partial charge >= 0.3 is 0 Å². The Morgan fingerprint density at radius 1 is 1.17 bits per heavy atom. The van der Waals surface area contributed by atoms with Crippen LogP contribution < -0.4 is 10.6 Å². The van der Waals surface area contributed by atoms with E-state index in [9.17, 15) is 9.59 Å². The molecule has 148 valence electrons. The first-order valence-corrected chi connectivity index (χ1v) is 10.6. The van der Waals surface area contributed by atoms with Crippen molar-refractivity contribution in [1.29, 1.82) is 0 Å². The Bertz CT molecular complexity index is 1070. The minimum Gasteiger partial charge on any atom is -0.326 e. The fraction of sp³-hybridized carbons (Fsp3) is 0.227. The number of halogens is 1. The smallest absolute Gasteiger partial charge is 0.257 e. The quantitative estimate of drug-likeness (QED) is 0.567. The molecule has 2 N–H and O–H groups in total. The minimum atomic E-state index is -0.264. The molecular weight excluding hydrogens is 406 g/mol. The lowest BCUT2D eigenvalue weighted by atomic mass is 10.1. The van der Waals surface area contributed by atoms with E-state index in [2.05, 4.69) is 22.5 Å². The van der Waals surface area contributed by atoms with Crippen LogP contribution in [0.5, 0.6) is 0 Å². The molecule has 1 aliphatic rings. The maximum Gasteiger partial charge on any atom is 0.257 e. The summed E-state index contributed by atoms with van der Waals surface area (Å²) >= 11 is 7.63. The highest BCUT2D eigenvalue weighted by atomic mass is 35.5. The maximum atomic E-state index is 12.6. The van der Waals surface area contributed by atoms with E-state index in [1.54, 1.807) is 30.5 Å². The Labute approximate surface area is 178 Å². The van der Waals surface area contributed by atoms with Crippen LogP contribution in [0.3, 0.4) is 0 Å². The number of carbonyl (C=O) groups excluding carboxylic acids is 2. The van der Waals surface area contributed by atoms with Gasteiger partial charge in [0.2, 0.25) is 5.91 Å². The molecule has 0 saturated heterocycles. The summed E-state index contributed by atoms with van der Waals surface area (Å²) in [5.41, 5.74) is 2.11. The number of hydrogen-bond donors (Lipinski definition) is 2. The zero-order valence-corrected chi connectivity index (χ0v) is 17.4. The Hall–Kier alpha value is -2.70. The van der Waals surface area contributed by atoms with Gasteiger partial charge in [-0.2, -0.15) is 0 Å². The Balaban J connectivity index is 1.39. The zero-order chi connectivity index (χ0) is 20.4. The predicted molar refractivity (Wildman–Crippen MR) is 117 cm³/mol. The van der Waals surface area contributed by atoms with Gasteiger partial charge in [-0.3, -0.25) is 14.9 Å². The third-order valence-electron chi connectivity index (χ3n) is 4.94. The molecule has 2 unspecified atom stereocenters. The van der Waals surface area contributed by atoms with E-state index in [-0.39, 0.29) is 17.7 Å². The van der Waals surface area contributed by atoms with Crippen LogP contribution in [0.25, 0.3) is 0 Å². The van der Waals surface area contributed by atoms with Crippen LogP contribution in [0, 0.1) is 11.8 Å². The number of thiazole rings is 1. The Kier molecular flexibility index (Phi) is 5.65. The number of amides is 2. The number of carbonyl (C=O) groups is 2. The molecule has 0 spiro atoms. The van der Waals surface area contributed by atoms with Crippen molar-refractivity contribution in [3.63, 3.8) is 0 Å². The molecule has 3 aromatic rings. The van der Waals surface area contributed by atoms with Crippen LogP contribution in [0.15, 0.2) is 54.7 Å². The first-order chi connectivity index (χ1) is 14.0. The van der Waals surface area contributed by atoms with Crippen molar-refractivity contribution >= 4 is 45.6 Å². The van der Waals surface area contributed by atoms with E-state index < -0.39 is 0 Å². The standard InChI is InChI=1S/C22H20ClN3O2S/c1-13-9-18(13)21(28)25-16-7-4-6-15(10-16)20(27)26-22-24-12-17(29-22)11-14-5-2-3-8-19(14)23/h2-8,10,12-13,18H,9,11H2,1H3,(H,25,28)(H,24,26,27). The van der Waals surface area contributed by atoms with Gasteiger partial charge in [0.25, 0.3) is 5.91 Å². The van der Waals surface area contributed by atoms with Crippen molar-refractivity contribution in [3.8, 4) is 0 Å². The third-order valence-corrected chi connectivity index (χ3v) is 6.22. The van der Waals surface area contributed by atoms with E-state index in [0.717, 1.165) is 16.9 Å². The second kappa shape index (κ2) is 8.35. The van der Waals surface area contributed by atoms with Gasteiger partial charge in [-0.05, 0) is 42.2 Å². The van der Waals surface area contributed by atoms with Crippen molar-refractivity contribution < 1.29 is 9.59 Å². The Morgan fingerprint density at radius 3 is 2.72 bits per heavy atom. The topological polar surface area (TPSA) is 71.1 Å². The summed E-state index contributed by atoms with van der Waals surface area (Å²) in [6.07, 6.45) is 3.33. The molecule has 2 aromatic carbocycles. The number of anilines is 2. The van der Waals surface area contributed by atoms with Gasteiger partial charge in [0.15, 0.2) is 5.13 Å². The molecule has 4 rings (SSSR count). The Morgan fingerprint density at radius 2 is 1.97 bits per heavy atom. The summed E-state index contributed by atoms with van der Waals surface area (Å²) < 4.78 is 0. The van der Waals surface area contributed by atoms with Gasteiger partial charge in [0, 0.05) is 39.7 Å². The molecule has 2 amide bonds. The van der Waals surface area contributed by atoms with Gasteiger partial charge in [-0.15, -0.1) is 11.3 Å². The molecule has 1 heterocycles. The highest BCUT2D eigenvalue weighted by Crippen LogP contribution is 2.38. The van der Waals surface area contributed by atoms with E-state index in [0.29, 0.717) is 33.7 Å². The van der Waals surface area contributed by atoms with Gasteiger partial charge in [0.05, 0.1) is 0 Å². The van der Waals surface area contributed by atoms with E-state index >= 15 is 0 Å². The van der Waals surface area contributed by atoms with Crippen LogP contribution in [-0.4, -0.2) is 16.8 Å². The lowest BCUT2D eigenvalue weighted by molar-refractivity contribution is -0.117. The number of benzene rings is 2. The van der Waals surface area contributed by atoms with Gasteiger partial charge < -0.3 is 5.32 Å². The number of nitrogens with one attached hydrogen (secondary N) is 2. The third kappa shape index (κ3) is 4.83. The molecule has 29 heavy (non-hydrogen) atoms. The van der Waals surface area contributed by atoms with Crippen LogP contribution in [0.2, 0.25) is 5.02 Å². The van der Waals surface area contributed by atoms with Crippen molar-refractivity contribution in [1.82, 2.24) is 4.98 Å². The van der Waals surface area contributed by atoms with Crippen LogP contribution >= 0.6 is 22.9 Å². The predicted octanol–water partition coefficient (Wildman–Crippen LogP) is 5.23. The summed E-state index contributed by atoms with van der Waals surface area (Å²) in [5, 5.41) is 6.95. The fourth-order valence-corrected chi connectivity index (χ4v) is 4.14. The molecule has 1 aliphatic carbocycles. The summed E-state index contributed by atoms with van der Waals surface area (Å²) in [6.45, 7) is 2.06. The maximum absolute atomic E-state index is 12.6. The van der Waals surface area contributed by atoms with Gasteiger partial charge in [0.1, 0.15) is 0 Å². The van der Waals surface area contributed by atoms with Crippen molar-refractivity contribution in [2.24, 2.45) is 11.8 Å². The first kappa shape index (κ1) is 19.6. The van der Waals surface area contributed by atoms with Gasteiger partial charge in [-0.1, -0.05) is 42.8 Å². The van der Waals surface area contributed by atoms with Crippen LogP contribution in [-0.2, 0) is 11.2 Å². The lowest BCUT2D eigenvalue weighted by Gasteiger charge is -2.07. The monoisotopic (exact) mass is 425 g/mol. The minimum absolute atomic E-state index is 0.0131. The van der Waals surface area contributed by atoms with Crippen molar-refractivity contribution in [2.75, 3.05) is 10.6 Å².